The fourth-order valence-corrected chi connectivity index (χ4v) is 11.5. The fraction of sp³-hybridized carbons (Fsp3) is 0.776. The van der Waals surface area contributed by atoms with Crippen molar-refractivity contribution in [1.82, 2.24) is 5.32 Å². The minimum absolute atomic E-state index is 0.0200. The molecule has 5 aliphatic heterocycles. The van der Waals surface area contributed by atoms with E-state index in [9.17, 15) is 29.7 Å². The predicted molar refractivity (Wildman–Crippen MR) is 230 cm³/mol. The number of Topliss-reactive ketones (excluding diaryl/α,β-unsaturated/α-hetero) is 1. The molecular formula is C49H75NO11. The van der Waals surface area contributed by atoms with E-state index in [0.29, 0.717) is 63.4 Å². The first-order valence-electron chi connectivity index (χ1n) is 23.4. The summed E-state index contributed by atoms with van der Waals surface area (Å²) in [6.07, 6.45) is 6.56. The number of aliphatic carboxylic acids is 1. The number of nitrogens with one attached hydrogen (secondary N) is 1. The van der Waals surface area contributed by atoms with Gasteiger partial charge in [0.2, 0.25) is 0 Å². The topological polar surface area (TPSA) is 170 Å². The van der Waals surface area contributed by atoms with Gasteiger partial charge in [-0.2, -0.15) is 0 Å². The first-order valence-corrected chi connectivity index (χ1v) is 23.4. The highest BCUT2D eigenvalue weighted by atomic mass is 16.8. The number of rotatable bonds is 14. The summed E-state index contributed by atoms with van der Waals surface area (Å²) in [6.45, 7) is 19.7. The van der Waals surface area contributed by atoms with E-state index in [-0.39, 0.29) is 35.5 Å². The number of hydrogen-bond donors (Lipinski definition) is 4. The zero-order valence-corrected chi connectivity index (χ0v) is 38.3. The third-order valence-electron chi connectivity index (χ3n) is 15.8. The van der Waals surface area contributed by atoms with E-state index in [1.54, 1.807) is 19.1 Å². The summed E-state index contributed by atoms with van der Waals surface area (Å²) in [7, 11) is 0. The quantitative estimate of drug-likeness (QED) is 0.136. The number of carboxylic acids is 1. The molecule has 5 aliphatic rings. The second-order valence-electron chi connectivity index (χ2n) is 19.8. The Morgan fingerprint density at radius 3 is 2.18 bits per heavy atom. The highest BCUT2D eigenvalue weighted by Crippen LogP contribution is 2.54. The normalized spacial score (nSPS) is 41.5. The number of carboxylic acid groups (broad SMARTS) is 1. The lowest BCUT2D eigenvalue weighted by atomic mass is 9.72. The first-order chi connectivity index (χ1) is 28.8. The average Bonchev–Trinajstić information content (AvgIpc) is 3.58. The zero-order valence-electron chi connectivity index (χ0n) is 38.3. The molecule has 4 N–H and O–H groups in total. The van der Waals surface area contributed by atoms with Crippen molar-refractivity contribution in [2.75, 3.05) is 0 Å². The maximum atomic E-state index is 14.7. The van der Waals surface area contributed by atoms with Gasteiger partial charge in [-0.05, 0) is 102 Å². The van der Waals surface area contributed by atoms with Gasteiger partial charge in [0, 0.05) is 35.7 Å². The summed E-state index contributed by atoms with van der Waals surface area (Å²) in [6, 6.07) is 8.36. The molecule has 61 heavy (non-hydrogen) atoms. The van der Waals surface area contributed by atoms with Crippen molar-refractivity contribution in [2.24, 2.45) is 41.4 Å². The highest BCUT2D eigenvalue weighted by Gasteiger charge is 2.63. The van der Waals surface area contributed by atoms with Crippen LogP contribution in [0, 0.1) is 41.4 Å². The van der Waals surface area contributed by atoms with Crippen LogP contribution in [0.4, 0.5) is 0 Å². The molecule has 0 radical (unpaired) electrons. The molecule has 5 heterocycles. The Kier molecular flexibility index (Phi) is 14.7. The summed E-state index contributed by atoms with van der Waals surface area (Å²) in [5.74, 6) is -6.27. The number of carbonyl (C=O) groups excluding carboxylic acids is 2. The molecule has 12 nitrogen and oxygen atoms in total. The molecule has 1 unspecified atom stereocenters. The van der Waals surface area contributed by atoms with Gasteiger partial charge in [0.15, 0.2) is 11.6 Å². The van der Waals surface area contributed by atoms with Crippen LogP contribution in [0.15, 0.2) is 42.5 Å². The first kappa shape index (κ1) is 47.8. The molecule has 12 heteroatoms. The number of hydrogen-bond acceptors (Lipinski definition) is 10. The summed E-state index contributed by atoms with van der Waals surface area (Å²) in [4.78, 5) is 40.4. The maximum Gasteiger partial charge on any atom is 0.309 e. The molecule has 4 saturated heterocycles. The van der Waals surface area contributed by atoms with Crippen molar-refractivity contribution in [1.29, 1.82) is 0 Å². The van der Waals surface area contributed by atoms with E-state index < -0.39 is 89.0 Å². The van der Waals surface area contributed by atoms with Crippen LogP contribution in [-0.4, -0.2) is 98.4 Å². The van der Waals surface area contributed by atoms with Crippen LogP contribution < -0.4 is 5.32 Å². The summed E-state index contributed by atoms with van der Waals surface area (Å²) in [5.41, 5.74) is -1.20. The second kappa shape index (κ2) is 18.8. The van der Waals surface area contributed by atoms with Crippen LogP contribution in [0.2, 0.25) is 0 Å². The van der Waals surface area contributed by atoms with Crippen molar-refractivity contribution >= 4 is 17.7 Å². The van der Waals surface area contributed by atoms with Crippen LogP contribution in [0.25, 0.3) is 0 Å². The number of ether oxygens (including phenoxy) is 5. The Bertz CT molecular complexity index is 1720. The monoisotopic (exact) mass is 854 g/mol. The number of carbonyl (C=O) groups is 3. The van der Waals surface area contributed by atoms with Gasteiger partial charge in [0.05, 0.1) is 53.7 Å². The highest BCUT2D eigenvalue weighted by molar-refractivity contribution is 5.94. The van der Waals surface area contributed by atoms with E-state index in [1.165, 1.54) is 0 Å². The van der Waals surface area contributed by atoms with Gasteiger partial charge >= 0.3 is 5.97 Å². The Labute approximate surface area is 363 Å². The van der Waals surface area contributed by atoms with Gasteiger partial charge in [-0.25, -0.2) is 0 Å². The van der Waals surface area contributed by atoms with E-state index >= 15 is 0 Å². The van der Waals surface area contributed by atoms with Gasteiger partial charge in [-0.15, -0.1) is 0 Å². The number of amides is 1. The molecule has 1 aromatic rings. The second-order valence-corrected chi connectivity index (χ2v) is 19.8. The van der Waals surface area contributed by atoms with Crippen LogP contribution in [0.5, 0.6) is 0 Å². The summed E-state index contributed by atoms with van der Waals surface area (Å²) in [5, 5.41) is 36.2. The molecule has 6 rings (SSSR count). The van der Waals surface area contributed by atoms with Crippen molar-refractivity contribution in [3.8, 4) is 0 Å². The molecule has 0 aliphatic carbocycles. The van der Waals surface area contributed by atoms with Gasteiger partial charge in [-0.1, -0.05) is 79.7 Å². The standard InChI is InChI=1S/C49H75NO11/c1-11-35(45(54)55)37-20-19-28(4)42(58-37)32(8)40(51)31(7)41(52)36(12-2)43-29(5)27-30(6)48(59-43)24-21-38(50-44(53)34-17-15-14-16-18-34)49(61-48)26-25-46(10,60-49)39-22-23-47(56,13-3)33(9)57-39/h14-18,21,24,28-33,35-40,42-43,51,56H,11-13,19-20,22-23,25-27H2,1-10H3,(H,50,53)(H,54,55)/t28-,29-,30+,31-,32-,33-,35+,36?,37+,38+,39+,40+,42+,43-,46-,47+,48-,49-/m0/s1. The van der Waals surface area contributed by atoms with E-state index in [2.05, 4.69) is 26.1 Å². The van der Waals surface area contributed by atoms with Gasteiger partial charge in [0.1, 0.15) is 11.8 Å². The molecule has 1 amide bonds. The molecule has 342 valence electrons. The molecule has 1 aromatic carbocycles. The molecular weight excluding hydrogens is 779 g/mol. The predicted octanol–water partition coefficient (Wildman–Crippen LogP) is 7.63. The van der Waals surface area contributed by atoms with Gasteiger partial charge < -0.3 is 44.3 Å². The molecule has 0 saturated carbocycles. The third-order valence-corrected chi connectivity index (χ3v) is 15.8. The maximum absolute atomic E-state index is 14.7. The zero-order chi connectivity index (χ0) is 44.7. The van der Waals surface area contributed by atoms with Crippen molar-refractivity contribution in [2.45, 2.75) is 199 Å². The summed E-state index contributed by atoms with van der Waals surface area (Å²) >= 11 is 0. The summed E-state index contributed by atoms with van der Waals surface area (Å²) < 4.78 is 34.6. The lowest BCUT2D eigenvalue weighted by Crippen LogP contribution is -2.65. The minimum Gasteiger partial charge on any atom is -0.481 e. The number of aliphatic hydroxyl groups excluding tert-OH is 1. The Morgan fingerprint density at radius 2 is 1.56 bits per heavy atom. The minimum atomic E-state index is -1.34. The molecule has 0 bridgehead atoms. The number of aliphatic hydroxyl groups is 2. The van der Waals surface area contributed by atoms with E-state index in [1.807, 2.05) is 71.9 Å². The number of ketones is 1. The van der Waals surface area contributed by atoms with Crippen LogP contribution in [-0.2, 0) is 33.3 Å². The molecule has 18 atom stereocenters. The lowest BCUT2D eigenvalue weighted by Gasteiger charge is -2.55. The SMILES string of the molecule is CCC(C(=O)[C@@H](C)[C@@H](O)[C@H](C)[C@@H]1O[C@@H]([C@@H](CC)C(=O)O)CC[C@@H]1C)[C@H]1O[C@]2(C=C[C@@H](NC(=O)c3ccccc3)[C@]3(CC[C@@](C)([C@H]4CC[C@](O)(CC)[C@H](C)O4)O3)O2)[C@H](C)C[C@@H]1C. The van der Waals surface area contributed by atoms with Crippen molar-refractivity contribution in [3.05, 3.63) is 48.0 Å². The molecule has 0 aromatic heterocycles. The van der Waals surface area contributed by atoms with Crippen molar-refractivity contribution < 1.29 is 53.4 Å². The lowest BCUT2D eigenvalue weighted by molar-refractivity contribution is -0.397. The molecule has 2 spiro atoms. The Morgan fingerprint density at radius 1 is 0.869 bits per heavy atom. The smallest absolute Gasteiger partial charge is 0.309 e. The van der Waals surface area contributed by atoms with Gasteiger partial charge in [-0.3, -0.25) is 14.4 Å². The van der Waals surface area contributed by atoms with E-state index in [4.69, 9.17) is 23.7 Å². The Hall–Kier alpha value is -2.71. The average molecular weight is 854 g/mol. The molecule has 4 fully saturated rings. The van der Waals surface area contributed by atoms with E-state index in [0.717, 1.165) is 6.42 Å². The van der Waals surface area contributed by atoms with Crippen LogP contribution in [0.1, 0.15) is 144 Å². The Balaban J connectivity index is 1.25. The van der Waals surface area contributed by atoms with Crippen LogP contribution in [0.3, 0.4) is 0 Å². The third kappa shape index (κ3) is 9.29. The largest absolute Gasteiger partial charge is 0.481 e. The van der Waals surface area contributed by atoms with Gasteiger partial charge in [0.25, 0.3) is 5.91 Å². The number of benzene rings is 1. The van der Waals surface area contributed by atoms with Crippen molar-refractivity contribution in [3.63, 3.8) is 0 Å². The fourth-order valence-electron chi connectivity index (χ4n) is 11.5. The van der Waals surface area contributed by atoms with Crippen LogP contribution >= 0.6 is 0 Å².